The Hall–Kier alpha value is -2.28. The highest BCUT2D eigenvalue weighted by atomic mass is 14.4. The van der Waals surface area contributed by atoms with E-state index in [-0.39, 0.29) is 0 Å². The van der Waals surface area contributed by atoms with E-state index in [4.69, 9.17) is 0 Å². The van der Waals surface area contributed by atoms with Crippen LogP contribution < -0.4 is 0 Å². The van der Waals surface area contributed by atoms with Crippen molar-refractivity contribution in [2.24, 2.45) is 0 Å². The largest absolute Gasteiger partial charge is 0.151 e. The Kier molecular flexibility index (Phi) is 6.63. The van der Waals surface area contributed by atoms with Crippen LogP contribution >= 0.6 is 0 Å². The van der Waals surface area contributed by atoms with Crippen molar-refractivity contribution < 1.29 is 0 Å². The first-order chi connectivity index (χ1) is 16.9. The van der Waals surface area contributed by atoms with Crippen LogP contribution in [-0.4, -0.2) is 6.71 Å². The van der Waals surface area contributed by atoms with Gasteiger partial charge >= 0.3 is 0 Å². The maximum Gasteiger partial charge on any atom is 0.151 e. The fourth-order valence-corrected chi connectivity index (χ4v) is 8.64. The van der Waals surface area contributed by atoms with E-state index in [0.717, 1.165) is 41.9 Å². The summed E-state index contributed by atoms with van der Waals surface area (Å²) in [5.41, 5.74) is 4.83. The van der Waals surface area contributed by atoms with Gasteiger partial charge in [-0.3, -0.25) is 0 Å². The Morgan fingerprint density at radius 1 is 0.382 bits per heavy atom. The SMILES string of the molecule is c1ccc([C@H]2CCCC2B([C@H]2CCC[C@@H]2c2ccccc2)[C@H]2CCC[C@@H]2c2ccccc2)cc1. The molecule has 3 saturated carbocycles. The lowest BCUT2D eigenvalue weighted by Gasteiger charge is -2.40. The average molecular weight is 446 g/mol. The molecule has 0 saturated heterocycles. The van der Waals surface area contributed by atoms with E-state index in [1.54, 1.807) is 16.7 Å². The summed E-state index contributed by atoms with van der Waals surface area (Å²) in [7, 11) is 0. The average Bonchev–Trinajstić information content (AvgIpc) is 3.68. The minimum Gasteiger partial charge on any atom is -0.0622 e. The molecule has 3 aromatic rings. The van der Waals surface area contributed by atoms with Gasteiger partial charge in [-0.05, 0) is 53.7 Å². The van der Waals surface area contributed by atoms with E-state index in [2.05, 4.69) is 91.0 Å². The van der Waals surface area contributed by atoms with E-state index >= 15 is 0 Å². The summed E-state index contributed by atoms with van der Waals surface area (Å²) >= 11 is 0. The molecule has 0 N–H and O–H groups in total. The van der Waals surface area contributed by atoms with E-state index in [9.17, 15) is 0 Å². The molecule has 0 radical (unpaired) electrons. The molecule has 0 amide bonds. The van der Waals surface area contributed by atoms with Crippen LogP contribution in [-0.2, 0) is 0 Å². The predicted molar refractivity (Wildman–Crippen MR) is 146 cm³/mol. The molecule has 0 aliphatic heterocycles. The van der Waals surface area contributed by atoms with Crippen LogP contribution in [0.2, 0.25) is 17.5 Å². The molecular weight excluding hydrogens is 407 g/mol. The Balaban J connectivity index is 1.40. The first kappa shape index (κ1) is 22.2. The monoisotopic (exact) mass is 446 g/mol. The van der Waals surface area contributed by atoms with Crippen LogP contribution in [0.15, 0.2) is 91.0 Å². The molecule has 0 heterocycles. The van der Waals surface area contributed by atoms with Gasteiger partial charge in [-0.1, -0.05) is 147 Å². The van der Waals surface area contributed by atoms with Gasteiger partial charge < -0.3 is 0 Å². The highest BCUT2D eigenvalue weighted by molar-refractivity contribution is 6.64. The third-order valence-electron chi connectivity index (χ3n) is 9.87. The van der Waals surface area contributed by atoms with Crippen LogP contribution in [0.3, 0.4) is 0 Å². The molecule has 1 heteroatoms. The number of hydrogen-bond acceptors (Lipinski definition) is 0. The third-order valence-corrected chi connectivity index (χ3v) is 9.87. The summed E-state index contributed by atoms with van der Waals surface area (Å²) < 4.78 is 0. The van der Waals surface area contributed by atoms with Crippen molar-refractivity contribution in [1.82, 2.24) is 0 Å². The predicted octanol–water partition coefficient (Wildman–Crippen LogP) is 9.49. The summed E-state index contributed by atoms with van der Waals surface area (Å²) in [5.74, 6) is 4.77. The van der Waals surface area contributed by atoms with E-state index in [0.29, 0.717) is 0 Å². The van der Waals surface area contributed by atoms with Crippen LogP contribution in [0.25, 0.3) is 0 Å². The van der Waals surface area contributed by atoms with Gasteiger partial charge in [0.1, 0.15) is 0 Å². The summed E-state index contributed by atoms with van der Waals surface area (Å²) in [6.45, 7) is 0.841. The Labute approximate surface area is 207 Å². The zero-order chi connectivity index (χ0) is 22.7. The second-order valence-electron chi connectivity index (χ2n) is 11.4. The minimum absolute atomic E-state index is 0.750. The molecule has 0 nitrogen and oxygen atoms in total. The van der Waals surface area contributed by atoms with Crippen molar-refractivity contribution in [1.29, 1.82) is 0 Å². The molecule has 3 fully saturated rings. The molecule has 6 atom stereocenters. The maximum atomic E-state index is 2.42. The zero-order valence-electron chi connectivity index (χ0n) is 20.6. The lowest BCUT2D eigenvalue weighted by atomic mass is 9.23. The van der Waals surface area contributed by atoms with Crippen molar-refractivity contribution >= 4 is 6.71 Å². The summed E-state index contributed by atoms with van der Waals surface area (Å²) in [6.07, 6.45) is 12.7. The summed E-state index contributed by atoms with van der Waals surface area (Å²) in [5, 5.41) is 0. The van der Waals surface area contributed by atoms with Gasteiger partial charge in [0.25, 0.3) is 0 Å². The first-order valence-electron chi connectivity index (χ1n) is 14.0. The Bertz CT molecular complexity index is 893. The second-order valence-corrected chi connectivity index (χ2v) is 11.4. The number of benzene rings is 3. The number of rotatable bonds is 6. The second kappa shape index (κ2) is 10.1. The summed E-state index contributed by atoms with van der Waals surface area (Å²) in [6, 6.07) is 34.7. The van der Waals surface area contributed by atoms with E-state index < -0.39 is 0 Å². The first-order valence-corrected chi connectivity index (χ1v) is 14.0. The zero-order valence-corrected chi connectivity index (χ0v) is 20.6. The fraction of sp³-hybridized carbons (Fsp3) is 0.455. The van der Waals surface area contributed by atoms with Gasteiger partial charge in [0.05, 0.1) is 0 Å². The fourth-order valence-electron chi connectivity index (χ4n) is 8.64. The normalized spacial score (nSPS) is 31.1. The maximum absolute atomic E-state index is 2.42. The Morgan fingerprint density at radius 3 is 0.971 bits per heavy atom. The van der Waals surface area contributed by atoms with Gasteiger partial charge in [-0.25, -0.2) is 0 Å². The molecular formula is C33H39B. The summed E-state index contributed by atoms with van der Waals surface area (Å²) in [4.78, 5) is 0. The van der Waals surface area contributed by atoms with Crippen molar-refractivity contribution in [2.75, 3.05) is 0 Å². The highest BCUT2D eigenvalue weighted by Gasteiger charge is 2.51. The van der Waals surface area contributed by atoms with Gasteiger partial charge in [-0.15, -0.1) is 0 Å². The molecule has 3 aromatic carbocycles. The molecule has 0 spiro atoms. The van der Waals surface area contributed by atoms with E-state index in [1.165, 1.54) is 57.8 Å². The molecule has 1 unspecified atom stereocenters. The lowest BCUT2D eigenvalue weighted by Crippen LogP contribution is -2.36. The highest BCUT2D eigenvalue weighted by Crippen LogP contribution is 2.61. The van der Waals surface area contributed by atoms with Crippen LogP contribution in [0, 0.1) is 0 Å². The molecule has 174 valence electrons. The topological polar surface area (TPSA) is 0 Å². The minimum atomic E-state index is 0.750. The molecule has 3 aliphatic rings. The van der Waals surface area contributed by atoms with Gasteiger partial charge in [-0.2, -0.15) is 0 Å². The van der Waals surface area contributed by atoms with Crippen molar-refractivity contribution in [3.8, 4) is 0 Å². The molecule has 3 aliphatic carbocycles. The quantitative estimate of drug-likeness (QED) is 0.331. The van der Waals surface area contributed by atoms with Gasteiger partial charge in [0.15, 0.2) is 6.71 Å². The van der Waals surface area contributed by atoms with Crippen LogP contribution in [0.4, 0.5) is 0 Å². The lowest BCUT2D eigenvalue weighted by molar-refractivity contribution is 0.608. The smallest absolute Gasteiger partial charge is 0.0622 e. The molecule has 34 heavy (non-hydrogen) atoms. The van der Waals surface area contributed by atoms with Crippen LogP contribution in [0.5, 0.6) is 0 Å². The van der Waals surface area contributed by atoms with Gasteiger partial charge in [0.2, 0.25) is 0 Å². The van der Waals surface area contributed by atoms with Crippen molar-refractivity contribution in [2.45, 2.75) is 93.0 Å². The van der Waals surface area contributed by atoms with Crippen molar-refractivity contribution in [3.63, 3.8) is 0 Å². The standard InChI is InChI=1S/C33H39B/c1-4-13-25(14-5-1)28-19-10-22-31(28)34(32-23-11-20-29(32)26-15-6-2-7-16-26)33-24-12-21-30(33)27-17-8-3-9-18-27/h1-9,13-18,28-33H,10-12,19-24H2/t28-,29-,30-,31+,32+,33?/m1/s1. The molecule has 0 bridgehead atoms. The molecule has 6 rings (SSSR count). The number of hydrogen-bond donors (Lipinski definition) is 0. The Morgan fingerprint density at radius 2 is 0.676 bits per heavy atom. The van der Waals surface area contributed by atoms with Crippen molar-refractivity contribution in [3.05, 3.63) is 108 Å². The third kappa shape index (κ3) is 4.28. The molecule has 0 aromatic heterocycles. The van der Waals surface area contributed by atoms with E-state index in [1.807, 2.05) is 0 Å². The van der Waals surface area contributed by atoms with Crippen LogP contribution in [0.1, 0.15) is 92.2 Å². The van der Waals surface area contributed by atoms with Gasteiger partial charge in [0, 0.05) is 0 Å².